The Bertz CT molecular complexity index is 1050. The SMILES string of the molecule is COc1ccc(C(=O)Nc2ccccc2C(=O)N/N=C/c2cccc(F)c2)cc1. The third-order valence-corrected chi connectivity index (χ3v) is 4.00. The highest BCUT2D eigenvalue weighted by Gasteiger charge is 2.13. The van der Waals surface area contributed by atoms with Gasteiger partial charge < -0.3 is 10.1 Å². The standard InChI is InChI=1S/C22H18FN3O3/c1-29-18-11-9-16(10-12-18)21(27)25-20-8-3-2-7-19(20)22(28)26-24-14-15-5-4-6-17(23)13-15/h2-14H,1H3,(H,25,27)(H,26,28)/b24-14+. The monoisotopic (exact) mass is 391 g/mol. The summed E-state index contributed by atoms with van der Waals surface area (Å²) in [6, 6.07) is 19.0. The molecule has 3 aromatic rings. The van der Waals surface area contributed by atoms with Crippen LogP contribution in [-0.4, -0.2) is 25.1 Å². The van der Waals surface area contributed by atoms with Crippen molar-refractivity contribution in [1.82, 2.24) is 5.43 Å². The van der Waals surface area contributed by atoms with Gasteiger partial charge in [-0.25, -0.2) is 9.82 Å². The van der Waals surface area contributed by atoms with E-state index in [1.54, 1.807) is 67.8 Å². The fraction of sp³-hybridized carbons (Fsp3) is 0.0455. The number of hydrogen-bond donors (Lipinski definition) is 2. The molecule has 0 aromatic heterocycles. The number of hydrogen-bond acceptors (Lipinski definition) is 4. The largest absolute Gasteiger partial charge is 0.497 e. The molecule has 0 unspecified atom stereocenters. The molecule has 0 spiro atoms. The average Bonchev–Trinajstić information content (AvgIpc) is 2.74. The summed E-state index contributed by atoms with van der Waals surface area (Å²) in [6.07, 6.45) is 1.33. The summed E-state index contributed by atoms with van der Waals surface area (Å²) in [7, 11) is 1.54. The van der Waals surface area contributed by atoms with Crippen LogP contribution in [0.15, 0.2) is 77.9 Å². The van der Waals surface area contributed by atoms with E-state index < -0.39 is 11.7 Å². The van der Waals surface area contributed by atoms with Gasteiger partial charge in [0.2, 0.25) is 0 Å². The molecule has 6 nitrogen and oxygen atoms in total. The first-order valence-electron chi connectivity index (χ1n) is 8.70. The van der Waals surface area contributed by atoms with Crippen molar-refractivity contribution in [2.75, 3.05) is 12.4 Å². The maximum atomic E-state index is 13.2. The lowest BCUT2D eigenvalue weighted by molar-refractivity contribution is 0.0956. The van der Waals surface area contributed by atoms with Crippen LogP contribution in [0.4, 0.5) is 10.1 Å². The van der Waals surface area contributed by atoms with Crippen molar-refractivity contribution in [1.29, 1.82) is 0 Å². The van der Waals surface area contributed by atoms with Crippen LogP contribution in [0.25, 0.3) is 0 Å². The first kappa shape index (κ1) is 19.8. The number of hydrazone groups is 1. The minimum absolute atomic E-state index is 0.241. The second-order valence-electron chi connectivity index (χ2n) is 5.98. The highest BCUT2D eigenvalue weighted by molar-refractivity contribution is 6.09. The minimum Gasteiger partial charge on any atom is -0.497 e. The first-order valence-corrected chi connectivity index (χ1v) is 8.70. The normalized spacial score (nSPS) is 10.6. The van der Waals surface area contributed by atoms with Crippen molar-refractivity contribution in [3.63, 3.8) is 0 Å². The Balaban J connectivity index is 1.70. The number of nitrogens with zero attached hydrogens (tertiary/aromatic N) is 1. The molecule has 0 saturated heterocycles. The maximum absolute atomic E-state index is 13.2. The van der Waals surface area contributed by atoms with E-state index in [-0.39, 0.29) is 11.5 Å². The minimum atomic E-state index is -0.511. The van der Waals surface area contributed by atoms with Gasteiger partial charge in [0.1, 0.15) is 11.6 Å². The highest BCUT2D eigenvalue weighted by atomic mass is 19.1. The molecule has 0 bridgehead atoms. The van der Waals surface area contributed by atoms with E-state index in [0.29, 0.717) is 22.6 Å². The molecule has 0 saturated carbocycles. The van der Waals surface area contributed by atoms with E-state index >= 15 is 0 Å². The number of carbonyl (C=O) groups excluding carboxylic acids is 2. The molecule has 7 heteroatoms. The Morgan fingerprint density at radius 3 is 2.45 bits per heavy atom. The molecule has 0 aliphatic rings. The predicted molar refractivity (Wildman–Crippen MR) is 109 cm³/mol. The van der Waals surface area contributed by atoms with E-state index in [0.717, 1.165) is 0 Å². The van der Waals surface area contributed by atoms with Crippen molar-refractivity contribution in [3.8, 4) is 5.75 Å². The topological polar surface area (TPSA) is 79.8 Å². The number of amides is 2. The second-order valence-corrected chi connectivity index (χ2v) is 5.98. The summed E-state index contributed by atoms with van der Waals surface area (Å²) in [5.41, 5.74) is 3.88. The zero-order valence-electron chi connectivity index (χ0n) is 15.6. The van der Waals surface area contributed by atoms with Crippen LogP contribution in [0.2, 0.25) is 0 Å². The summed E-state index contributed by atoms with van der Waals surface area (Å²) in [6.45, 7) is 0. The Hall–Kier alpha value is -4.00. The number of nitrogens with one attached hydrogen (secondary N) is 2. The van der Waals surface area contributed by atoms with Crippen LogP contribution in [0.1, 0.15) is 26.3 Å². The highest BCUT2D eigenvalue weighted by Crippen LogP contribution is 2.17. The number of benzene rings is 3. The number of anilines is 1. The molecule has 0 aliphatic heterocycles. The maximum Gasteiger partial charge on any atom is 0.273 e. The number of carbonyl (C=O) groups is 2. The van der Waals surface area contributed by atoms with Gasteiger partial charge in [-0.15, -0.1) is 0 Å². The van der Waals surface area contributed by atoms with Crippen LogP contribution >= 0.6 is 0 Å². The molecule has 2 N–H and O–H groups in total. The van der Waals surface area contributed by atoms with Crippen molar-refractivity contribution >= 4 is 23.7 Å². The summed E-state index contributed by atoms with van der Waals surface area (Å²) in [5, 5.41) is 6.56. The Kier molecular flexibility index (Phi) is 6.32. The van der Waals surface area contributed by atoms with Crippen LogP contribution in [-0.2, 0) is 0 Å². The molecule has 0 fully saturated rings. The number of methoxy groups -OCH3 is 1. The molecule has 0 heterocycles. The van der Waals surface area contributed by atoms with E-state index in [9.17, 15) is 14.0 Å². The van der Waals surface area contributed by atoms with Crippen molar-refractivity contribution < 1.29 is 18.7 Å². The lowest BCUT2D eigenvalue weighted by Gasteiger charge is -2.10. The summed E-state index contributed by atoms with van der Waals surface area (Å²) in [4.78, 5) is 24.9. The third kappa shape index (κ3) is 5.26. The molecule has 0 radical (unpaired) electrons. The number of rotatable bonds is 6. The first-order chi connectivity index (χ1) is 14.1. The van der Waals surface area contributed by atoms with E-state index in [1.165, 1.54) is 18.3 Å². The molecule has 3 rings (SSSR count). The third-order valence-electron chi connectivity index (χ3n) is 4.00. The molecule has 0 aliphatic carbocycles. The van der Waals surface area contributed by atoms with Crippen LogP contribution < -0.4 is 15.5 Å². The lowest BCUT2D eigenvalue weighted by Crippen LogP contribution is -2.21. The zero-order valence-corrected chi connectivity index (χ0v) is 15.6. The molecular formula is C22H18FN3O3. The lowest BCUT2D eigenvalue weighted by atomic mass is 10.1. The van der Waals surface area contributed by atoms with Gasteiger partial charge in [0, 0.05) is 5.56 Å². The van der Waals surface area contributed by atoms with Crippen molar-refractivity contribution in [2.24, 2.45) is 5.10 Å². The van der Waals surface area contributed by atoms with E-state index in [4.69, 9.17) is 4.74 Å². The van der Waals surface area contributed by atoms with E-state index in [1.807, 2.05) is 0 Å². The smallest absolute Gasteiger partial charge is 0.273 e. The second kappa shape index (κ2) is 9.27. The quantitative estimate of drug-likeness (QED) is 0.495. The molecular weight excluding hydrogens is 373 g/mol. The van der Waals surface area contributed by atoms with Gasteiger partial charge in [0.25, 0.3) is 11.8 Å². The predicted octanol–water partition coefficient (Wildman–Crippen LogP) is 3.85. The van der Waals surface area contributed by atoms with Gasteiger partial charge in [-0.2, -0.15) is 5.10 Å². The van der Waals surface area contributed by atoms with Gasteiger partial charge in [0.05, 0.1) is 24.6 Å². The fourth-order valence-corrected chi connectivity index (χ4v) is 2.54. The number of halogens is 1. The molecule has 146 valence electrons. The van der Waals surface area contributed by atoms with Gasteiger partial charge >= 0.3 is 0 Å². The Labute approximate surface area is 167 Å². The van der Waals surface area contributed by atoms with Crippen LogP contribution in [0.3, 0.4) is 0 Å². The Morgan fingerprint density at radius 1 is 0.966 bits per heavy atom. The van der Waals surface area contributed by atoms with Gasteiger partial charge in [0.15, 0.2) is 0 Å². The number of ether oxygens (including phenoxy) is 1. The summed E-state index contributed by atoms with van der Waals surface area (Å²) < 4.78 is 18.3. The summed E-state index contributed by atoms with van der Waals surface area (Å²) in [5.74, 6) is -0.635. The van der Waals surface area contributed by atoms with Gasteiger partial charge in [-0.05, 0) is 54.1 Å². The zero-order chi connectivity index (χ0) is 20.6. The van der Waals surface area contributed by atoms with Gasteiger partial charge in [-0.3, -0.25) is 9.59 Å². The van der Waals surface area contributed by atoms with Crippen LogP contribution in [0, 0.1) is 5.82 Å². The molecule has 29 heavy (non-hydrogen) atoms. The van der Waals surface area contributed by atoms with Crippen LogP contribution in [0.5, 0.6) is 5.75 Å². The molecule has 2 amide bonds. The molecule has 0 atom stereocenters. The van der Waals surface area contributed by atoms with Crippen molar-refractivity contribution in [2.45, 2.75) is 0 Å². The number of para-hydroxylation sites is 1. The average molecular weight is 391 g/mol. The Morgan fingerprint density at radius 2 is 1.72 bits per heavy atom. The molecule has 3 aromatic carbocycles. The van der Waals surface area contributed by atoms with E-state index in [2.05, 4.69) is 15.8 Å². The van der Waals surface area contributed by atoms with Gasteiger partial charge in [-0.1, -0.05) is 24.3 Å². The summed E-state index contributed by atoms with van der Waals surface area (Å²) >= 11 is 0. The fourth-order valence-electron chi connectivity index (χ4n) is 2.54. The van der Waals surface area contributed by atoms with Crippen molar-refractivity contribution in [3.05, 3.63) is 95.3 Å².